The summed E-state index contributed by atoms with van der Waals surface area (Å²) >= 11 is 0. The van der Waals surface area contributed by atoms with Crippen molar-refractivity contribution in [1.29, 1.82) is 0 Å². The highest BCUT2D eigenvalue weighted by Gasteiger charge is 2.14. The summed E-state index contributed by atoms with van der Waals surface area (Å²) in [5.74, 6) is 0.600. The number of ether oxygens (including phenoxy) is 4. The molecular weight excluding hydrogens is 322 g/mol. The maximum atomic E-state index is 12.3. The van der Waals surface area contributed by atoms with E-state index in [-0.39, 0.29) is 18.6 Å². The van der Waals surface area contributed by atoms with E-state index < -0.39 is 0 Å². The van der Waals surface area contributed by atoms with Crippen LogP contribution in [0.2, 0.25) is 0 Å². The molecule has 0 aromatic heterocycles. The van der Waals surface area contributed by atoms with Gasteiger partial charge in [0.25, 0.3) is 5.91 Å². The van der Waals surface area contributed by atoms with Gasteiger partial charge in [-0.2, -0.15) is 0 Å². The van der Waals surface area contributed by atoms with E-state index in [1.807, 2.05) is 31.2 Å². The SMILES string of the molecule is CCO[C@@H](C)Cc1ccc(OCC(=O)N(CCOC)CCOC)cc1. The van der Waals surface area contributed by atoms with Gasteiger partial charge in [0.15, 0.2) is 6.61 Å². The van der Waals surface area contributed by atoms with Gasteiger partial charge in [-0.3, -0.25) is 4.79 Å². The molecule has 0 saturated heterocycles. The Morgan fingerprint density at radius 2 is 1.68 bits per heavy atom. The minimum atomic E-state index is -0.0804. The molecule has 0 N–H and O–H groups in total. The predicted molar refractivity (Wildman–Crippen MR) is 97.1 cm³/mol. The second kappa shape index (κ2) is 12.7. The number of methoxy groups -OCH3 is 2. The number of carbonyl (C=O) groups is 1. The summed E-state index contributed by atoms with van der Waals surface area (Å²) in [6.45, 7) is 6.79. The van der Waals surface area contributed by atoms with E-state index in [1.54, 1.807) is 19.1 Å². The molecule has 6 nitrogen and oxygen atoms in total. The van der Waals surface area contributed by atoms with Crippen molar-refractivity contribution >= 4 is 5.91 Å². The summed E-state index contributed by atoms with van der Waals surface area (Å²) in [4.78, 5) is 14.0. The molecule has 6 heteroatoms. The molecule has 0 aliphatic rings. The lowest BCUT2D eigenvalue weighted by molar-refractivity contribution is -0.134. The van der Waals surface area contributed by atoms with Gasteiger partial charge in [0.1, 0.15) is 5.75 Å². The van der Waals surface area contributed by atoms with Crippen LogP contribution >= 0.6 is 0 Å². The average Bonchev–Trinajstić information content (AvgIpc) is 2.61. The number of nitrogens with zero attached hydrogens (tertiary/aromatic N) is 1. The number of hydrogen-bond donors (Lipinski definition) is 0. The van der Waals surface area contributed by atoms with Gasteiger partial charge in [0.05, 0.1) is 19.3 Å². The summed E-state index contributed by atoms with van der Waals surface area (Å²) in [6, 6.07) is 7.78. The molecule has 1 rings (SSSR count). The zero-order chi connectivity index (χ0) is 18.5. The zero-order valence-electron chi connectivity index (χ0n) is 15.8. The van der Waals surface area contributed by atoms with Gasteiger partial charge in [-0.1, -0.05) is 12.1 Å². The van der Waals surface area contributed by atoms with Crippen LogP contribution in [0.3, 0.4) is 0 Å². The molecule has 0 saturated carbocycles. The van der Waals surface area contributed by atoms with Crippen LogP contribution in [0.4, 0.5) is 0 Å². The van der Waals surface area contributed by atoms with Crippen LogP contribution in [-0.4, -0.2) is 70.6 Å². The van der Waals surface area contributed by atoms with Crippen molar-refractivity contribution in [2.24, 2.45) is 0 Å². The smallest absolute Gasteiger partial charge is 0.260 e. The van der Waals surface area contributed by atoms with Crippen molar-refractivity contribution < 1.29 is 23.7 Å². The topological polar surface area (TPSA) is 57.2 Å². The van der Waals surface area contributed by atoms with Crippen LogP contribution in [-0.2, 0) is 25.4 Å². The average molecular weight is 353 g/mol. The Bertz CT molecular complexity index is 469. The van der Waals surface area contributed by atoms with Gasteiger partial charge in [-0.15, -0.1) is 0 Å². The quantitative estimate of drug-likeness (QED) is 0.544. The molecule has 142 valence electrons. The molecule has 1 aromatic carbocycles. The van der Waals surface area contributed by atoms with E-state index in [2.05, 4.69) is 6.92 Å². The van der Waals surface area contributed by atoms with Gasteiger partial charge in [-0.25, -0.2) is 0 Å². The number of rotatable bonds is 13. The third kappa shape index (κ3) is 8.86. The Morgan fingerprint density at radius 3 is 2.20 bits per heavy atom. The maximum Gasteiger partial charge on any atom is 0.260 e. The maximum absolute atomic E-state index is 12.3. The minimum Gasteiger partial charge on any atom is -0.484 e. The highest BCUT2D eigenvalue weighted by atomic mass is 16.5. The van der Waals surface area contributed by atoms with Crippen molar-refractivity contribution in [2.45, 2.75) is 26.4 Å². The molecule has 1 amide bonds. The first-order valence-corrected chi connectivity index (χ1v) is 8.69. The van der Waals surface area contributed by atoms with Gasteiger partial charge < -0.3 is 23.8 Å². The van der Waals surface area contributed by atoms with Gasteiger partial charge in [0.2, 0.25) is 0 Å². The molecule has 1 atom stereocenters. The van der Waals surface area contributed by atoms with E-state index in [0.29, 0.717) is 38.7 Å². The largest absolute Gasteiger partial charge is 0.484 e. The molecule has 0 spiro atoms. The van der Waals surface area contributed by atoms with E-state index in [9.17, 15) is 4.79 Å². The first-order valence-electron chi connectivity index (χ1n) is 8.69. The summed E-state index contributed by atoms with van der Waals surface area (Å²) in [6.07, 6.45) is 1.04. The Kier molecular flexibility index (Phi) is 10.9. The van der Waals surface area contributed by atoms with Gasteiger partial charge in [-0.05, 0) is 38.0 Å². The molecule has 0 aliphatic carbocycles. The third-order valence-electron chi connectivity index (χ3n) is 3.74. The van der Waals surface area contributed by atoms with Crippen LogP contribution in [0.5, 0.6) is 5.75 Å². The molecule has 0 heterocycles. The van der Waals surface area contributed by atoms with Crippen molar-refractivity contribution in [3.05, 3.63) is 29.8 Å². The van der Waals surface area contributed by atoms with Gasteiger partial charge in [0, 0.05) is 33.9 Å². The molecule has 0 aliphatic heterocycles. The van der Waals surface area contributed by atoms with Gasteiger partial charge >= 0.3 is 0 Å². The van der Waals surface area contributed by atoms with Crippen LogP contribution in [0.15, 0.2) is 24.3 Å². The standard InChI is InChI=1S/C19H31NO5/c1-5-24-16(2)14-17-6-8-18(9-7-17)25-15-19(21)20(10-12-22-3)11-13-23-4/h6-9,16H,5,10-15H2,1-4H3/t16-/m0/s1. The first kappa shape index (κ1) is 21.4. The third-order valence-corrected chi connectivity index (χ3v) is 3.74. The van der Waals surface area contributed by atoms with E-state index in [0.717, 1.165) is 6.42 Å². The first-order chi connectivity index (χ1) is 12.1. The highest BCUT2D eigenvalue weighted by Crippen LogP contribution is 2.14. The van der Waals surface area contributed by atoms with Crippen LogP contribution < -0.4 is 4.74 Å². The minimum absolute atomic E-state index is 0.00211. The molecule has 1 aromatic rings. The lowest BCUT2D eigenvalue weighted by Gasteiger charge is -2.22. The Morgan fingerprint density at radius 1 is 1.08 bits per heavy atom. The van der Waals surface area contributed by atoms with Crippen molar-refractivity contribution in [2.75, 3.05) is 53.7 Å². The van der Waals surface area contributed by atoms with Crippen molar-refractivity contribution in [1.82, 2.24) is 4.90 Å². The van der Waals surface area contributed by atoms with E-state index in [1.165, 1.54) is 5.56 Å². The Hall–Kier alpha value is -1.63. The second-order valence-corrected chi connectivity index (χ2v) is 5.77. The molecule has 0 radical (unpaired) electrons. The summed E-state index contributed by atoms with van der Waals surface area (Å²) in [5, 5.41) is 0. The van der Waals surface area contributed by atoms with Crippen LogP contribution in [0.25, 0.3) is 0 Å². The fourth-order valence-electron chi connectivity index (χ4n) is 2.40. The van der Waals surface area contributed by atoms with E-state index in [4.69, 9.17) is 18.9 Å². The fraction of sp³-hybridized carbons (Fsp3) is 0.632. The number of amides is 1. The second-order valence-electron chi connectivity index (χ2n) is 5.77. The van der Waals surface area contributed by atoms with Crippen LogP contribution in [0.1, 0.15) is 19.4 Å². The lowest BCUT2D eigenvalue weighted by Crippen LogP contribution is -2.39. The zero-order valence-corrected chi connectivity index (χ0v) is 15.8. The molecule has 0 unspecified atom stereocenters. The normalized spacial score (nSPS) is 12.0. The number of hydrogen-bond acceptors (Lipinski definition) is 5. The number of benzene rings is 1. The predicted octanol–water partition coefficient (Wildman–Crippen LogP) is 2.15. The molecular formula is C19H31NO5. The monoisotopic (exact) mass is 353 g/mol. The molecule has 0 bridgehead atoms. The summed E-state index contributed by atoms with van der Waals surface area (Å²) in [7, 11) is 3.23. The summed E-state index contributed by atoms with van der Waals surface area (Å²) in [5.41, 5.74) is 1.18. The highest BCUT2D eigenvalue weighted by molar-refractivity contribution is 5.77. The number of carbonyl (C=O) groups excluding carboxylic acids is 1. The van der Waals surface area contributed by atoms with Crippen molar-refractivity contribution in [3.63, 3.8) is 0 Å². The summed E-state index contributed by atoms with van der Waals surface area (Å²) < 4.78 is 21.2. The lowest BCUT2D eigenvalue weighted by atomic mass is 10.1. The fourth-order valence-corrected chi connectivity index (χ4v) is 2.40. The van der Waals surface area contributed by atoms with Crippen LogP contribution in [0, 0.1) is 0 Å². The Balaban J connectivity index is 2.47. The Labute approximate surface area is 151 Å². The van der Waals surface area contributed by atoms with E-state index >= 15 is 0 Å². The van der Waals surface area contributed by atoms with Crippen molar-refractivity contribution in [3.8, 4) is 5.75 Å². The molecule has 0 fully saturated rings. The molecule has 25 heavy (non-hydrogen) atoms.